The van der Waals surface area contributed by atoms with E-state index in [9.17, 15) is 4.79 Å². The topological polar surface area (TPSA) is 55.6 Å². The first-order valence-corrected chi connectivity index (χ1v) is 7.90. The molecule has 22 heavy (non-hydrogen) atoms. The number of likely N-dealkylation sites (tertiary alicyclic amines) is 1. The van der Waals surface area contributed by atoms with E-state index in [-0.39, 0.29) is 18.3 Å². The van der Waals surface area contributed by atoms with Crippen molar-refractivity contribution in [1.29, 1.82) is 0 Å². The van der Waals surface area contributed by atoms with Crippen LogP contribution in [0.5, 0.6) is 0 Å². The number of hydrogen-bond acceptors (Lipinski definition) is 3. The van der Waals surface area contributed by atoms with Gasteiger partial charge in [0.1, 0.15) is 0 Å². The highest BCUT2D eigenvalue weighted by Crippen LogP contribution is 2.30. The fraction of sp³-hybridized carbons (Fsp3) is 0.588. The molecule has 1 amide bonds. The van der Waals surface area contributed by atoms with E-state index in [0.29, 0.717) is 32.0 Å². The molecule has 5 heteroatoms. The summed E-state index contributed by atoms with van der Waals surface area (Å²) in [6.07, 6.45) is 3.35. The molecule has 4 nitrogen and oxygen atoms in total. The van der Waals surface area contributed by atoms with Crippen molar-refractivity contribution in [2.24, 2.45) is 5.73 Å². The lowest BCUT2D eigenvalue weighted by molar-refractivity contribution is -0.141. The van der Waals surface area contributed by atoms with Gasteiger partial charge in [-0.25, -0.2) is 0 Å². The average molecular weight is 325 g/mol. The van der Waals surface area contributed by atoms with Gasteiger partial charge in [-0.3, -0.25) is 4.79 Å². The van der Waals surface area contributed by atoms with Crippen molar-refractivity contribution in [3.8, 4) is 0 Å². The van der Waals surface area contributed by atoms with E-state index < -0.39 is 5.54 Å². The molecule has 2 aliphatic rings. The first-order chi connectivity index (χ1) is 10.2. The van der Waals surface area contributed by atoms with Gasteiger partial charge in [-0.15, -0.1) is 12.4 Å². The van der Waals surface area contributed by atoms with Gasteiger partial charge in [-0.2, -0.15) is 0 Å². The maximum Gasteiger partial charge on any atom is 0.242 e. The van der Waals surface area contributed by atoms with Crippen LogP contribution in [0.15, 0.2) is 30.3 Å². The van der Waals surface area contributed by atoms with E-state index in [1.54, 1.807) is 0 Å². The molecule has 1 aromatic carbocycles. The smallest absolute Gasteiger partial charge is 0.242 e. The molecule has 0 aliphatic carbocycles. The molecule has 0 saturated carbocycles. The Morgan fingerprint density at radius 2 is 1.73 bits per heavy atom. The number of halogens is 1. The van der Waals surface area contributed by atoms with Crippen molar-refractivity contribution in [3.63, 3.8) is 0 Å². The van der Waals surface area contributed by atoms with Crippen LogP contribution in [-0.4, -0.2) is 42.6 Å². The van der Waals surface area contributed by atoms with Gasteiger partial charge < -0.3 is 15.4 Å². The second-order valence-electron chi connectivity index (χ2n) is 6.25. The Balaban J connectivity index is 0.00000176. The Labute approximate surface area is 138 Å². The molecule has 3 rings (SSSR count). The normalized spacial score (nSPS) is 22.0. The Morgan fingerprint density at radius 3 is 2.32 bits per heavy atom. The van der Waals surface area contributed by atoms with Crippen LogP contribution in [0.2, 0.25) is 0 Å². The molecular weight excluding hydrogens is 300 g/mol. The molecule has 2 heterocycles. The molecule has 2 N–H and O–H groups in total. The number of carbonyl (C=O) groups is 1. The first-order valence-electron chi connectivity index (χ1n) is 7.90. The zero-order valence-electron chi connectivity index (χ0n) is 12.9. The van der Waals surface area contributed by atoms with Crippen LogP contribution >= 0.6 is 12.4 Å². The van der Waals surface area contributed by atoms with Gasteiger partial charge >= 0.3 is 0 Å². The number of hydrogen-bond donors (Lipinski definition) is 1. The van der Waals surface area contributed by atoms with Crippen molar-refractivity contribution < 1.29 is 9.53 Å². The molecule has 122 valence electrons. The van der Waals surface area contributed by atoms with Crippen molar-refractivity contribution in [2.45, 2.75) is 37.1 Å². The first kappa shape index (κ1) is 17.3. The maximum atomic E-state index is 12.7. The zero-order valence-corrected chi connectivity index (χ0v) is 13.7. The lowest BCUT2D eigenvalue weighted by atomic mass is 9.86. The summed E-state index contributed by atoms with van der Waals surface area (Å²) in [5.41, 5.74) is 7.00. The zero-order chi connectivity index (χ0) is 14.7. The molecule has 0 bridgehead atoms. The quantitative estimate of drug-likeness (QED) is 0.908. The molecule has 0 atom stereocenters. The monoisotopic (exact) mass is 324 g/mol. The Morgan fingerprint density at radius 1 is 1.14 bits per heavy atom. The molecule has 1 aromatic rings. The summed E-state index contributed by atoms with van der Waals surface area (Å²) in [6, 6.07) is 10.6. The largest absolute Gasteiger partial charge is 0.381 e. The van der Waals surface area contributed by atoms with Crippen LogP contribution in [0.3, 0.4) is 0 Å². The van der Waals surface area contributed by atoms with Gasteiger partial charge in [-0.05, 0) is 37.2 Å². The van der Waals surface area contributed by atoms with Crippen LogP contribution in [0.4, 0.5) is 0 Å². The predicted molar refractivity (Wildman–Crippen MR) is 89.2 cm³/mol. The third-order valence-electron chi connectivity index (χ3n) is 4.86. The van der Waals surface area contributed by atoms with Crippen molar-refractivity contribution in [3.05, 3.63) is 35.9 Å². The van der Waals surface area contributed by atoms with Crippen LogP contribution in [0.1, 0.15) is 37.2 Å². The van der Waals surface area contributed by atoms with Gasteiger partial charge in [0.05, 0.1) is 5.54 Å². The fourth-order valence-electron chi connectivity index (χ4n) is 3.41. The number of rotatable bonds is 2. The number of benzene rings is 1. The molecule has 2 fully saturated rings. The van der Waals surface area contributed by atoms with E-state index >= 15 is 0 Å². The minimum absolute atomic E-state index is 0. The van der Waals surface area contributed by atoms with Crippen molar-refractivity contribution >= 4 is 18.3 Å². The van der Waals surface area contributed by atoms with Crippen LogP contribution in [0, 0.1) is 0 Å². The van der Waals surface area contributed by atoms with Gasteiger partial charge in [0, 0.05) is 26.3 Å². The highest BCUT2D eigenvalue weighted by Gasteiger charge is 2.39. The fourth-order valence-corrected chi connectivity index (χ4v) is 3.41. The van der Waals surface area contributed by atoms with Gasteiger partial charge in [0.15, 0.2) is 0 Å². The second kappa shape index (κ2) is 7.44. The molecule has 0 aromatic heterocycles. The van der Waals surface area contributed by atoms with Crippen LogP contribution < -0.4 is 5.73 Å². The van der Waals surface area contributed by atoms with E-state index in [1.165, 1.54) is 5.56 Å². The lowest BCUT2D eigenvalue weighted by Crippen LogP contribution is -2.59. The second-order valence-corrected chi connectivity index (χ2v) is 6.25. The number of amides is 1. The van der Waals surface area contributed by atoms with Gasteiger partial charge in [0.2, 0.25) is 5.91 Å². The minimum atomic E-state index is -0.697. The summed E-state index contributed by atoms with van der Waals surface area (Å²) in [4.78, 5) is 14.6. The standard InChI is InChI=1S/C17H24N2O2.ClH/c18-17(8-12-21-13-9-17)16(20)19-10-6-15(7-11-19)14-4-2-1-3-5-14;/h1-5,15H,6-13,18H2;1H. The van der Waals surface area contributed by atoms with Gasteiger partial charge in [-0.1, -0.05) is 30.3 Å². The summed E-state index contributed by atoms with van der Waals surface area (Å²) in [7, 11) is 0. The molecular formula is C17H25ClN2O2. The molecule has 2 saturated heterocycles. The minimum Gasteiger partial charge on any atom is -0.381 e. The Bertz CT molecular complexity index is 481. The van der Waals surface area contributed by atoms with Crippen LogP contribution in [-0.2, 0) is 9.53 Å². The molecule has 2 aliphatic heterocycles. The van der Waals surface area contributed by atoms with E-state index in [0.717, 1.165) is 25.9 Å². The number of nitrogens with zero attached hydrogens (tertiary/aromatic N) is 1. The summed E-state index contributed by atoms with van der Waals surface area (Å²) < 4.78 is 5.33. The number of ether oxygens (including phenoxy) is 1. The van der Waals surface area contributed by atoms with Crippen molar-refractivity contribution in [2.75, 3.05) is 26.3 Å². The van der Waals surface area contributed by atoms with Gasteiger partial charge in [0.25, 0.3) is 0 Å². The number of nitrogens with two attached hydrogens (primary N) is 1. The number of carbonyl (C=O) groups excluding carboxylic acids is 1. The molecule has 0 radical (unpaired) electrons. The highest BCUT2D eigenvalue weighted by atomic mass is 35.5. The summed E-state index contributed by atoms with van der Waals surface area (Å²) >= 11 is 0. The summed E-state index contributed by atoms with van der Waals surface area (Å²) in [5, 5.41) is 0. The maximum absolute atomic E-state index is 12.7. The van der Waals surface area contributed by atoms with E-state index in [2.05, 4.69) is 24.3 Å². The van der Waals surface area contributed by atoms with Crippen molar-refractivity contribution in [1.82, 2.24) is 4.90 Å². The van der Waals surface area contributed by atoms with E-state index in [1.807, 2.05) is 11.0 Å². The predicted octanol–water partition coefficient (Wildman–Crippen LogP) is 2.32. The third kappa shape index (κ3) is 3.62. The summed E-state index contributed by atoms with van der Waals surface area (Å²) in [5.74, 6) is 0.691. The SMILES string of the molecule is Cl.NC1(C(=O)N2CCC(c3ccccc3)CC2)CCOCC1. The Kier molecular flexibility index (Phi) is 5.84. The highest BCUT2D eigenvalue weighted by molar-refractivity contribution is 5.86. The Hall–Kier alpha value is -1.10. The van der Waals surface area contributed by atoms with E-state index in [4.69, 9.17) is 10.5 Å². The molecule has 0 spiro atoms. The summed E-state index contributed by atoms with van der Waals surface area (Å²) in [6.45, 7) is 2.84. The average Bonchev–Trinajstić information content (AvgIpc) is 2.56. The lowest BCUT2D eigenvalue weighted by Gasteiger charge is -2.40. The van der Waals surface area contributed by atoms with Crippen LogP contribution in [0.25, 0.3) is 0 Å². The number of piperidine rings is 1. The molecule has 0 unspecified atom stereocenters. The third-order valence-corrected chi connectivity index (χ3v) is 4.86.